The zero-order valence-corrected chi connectivity index (χ0v) is 17.9. The van der Waals surface area contributed by atoms with E-state index in [0.29, 0.717) is 17.0 Å². The minimum Gasteiger partial charge on any atom is -0.488 e. The summed E-state index contributed by atoms with van der Waals surface area (Å²) >= 11 is 3.41. The van der Waals surface area contributed by atoms with E-state index < -0.39 is 24.4 Å². The number of rotatable bonds is 8. The summed E-state index contributed by atoms with van der Waals surface area (Å²) in [6.45, 7) is -0.206. The fraction of sp³-hybridized carbons (Fsp3) is 0.0870. The first-order valence-electron chi connectivity index (χ1n) is 9.25. The van der Waals surface area contributed by atoms with Crippen molar-refractivity contribution in [3.05, 3.63) is 94.0 Å². The van der Waals surface area contributed by atoms with Crippen molar-refractivity contribution >= 4 is 39.4 Å². The molecular weight excluding hydrogens is 464 g/mol. The molecule has 3 rings (SSSR count). The first-order valence-corrected chi connectivity index (χ1v) is 10.0. The van der Waals surface area contributed by atoms with Crippen molar-refractivity contribution in [3.63, 3.8) is 0 Å². The molecule has 158 valence electrons. The van der Waals surface area contributed by atoms with Gasteiger partial charge in [-0.3, -0.25) is 9.59 Å². The third kappa shape index (κ3) is 6.42. The van der Waals surface area contributed by atoms with Crippen LogP contribution in [-0.4, -0.2) is 24.4 Å². The van der Waals surface area contributed by atoms with Crippen LogP contribution >= 0.6 is 15.9 Å². The second-order valence-electron chi connectivity index (χ2n) is 6.48. The molecule has 0 saturated heterocycles. The molecular formula is C23H19BrN2O5. The van der Waals surface area contributed by atoms with Gasteiger partial charge in [0.1, 0.15) is 17.9 Å². The number of ether oxygens (including phenoxy) is 2. The van der Waals surface area contributed by atoms with Crippen LogP contribution in [0, 0.1) is 0 Å². The van der Waals surface area contributed by atoms with Crippen molar-refractivity contribution in [1.82, 2.24) is 0 Å². The molecule has 2 amide bonds. The van der Waals surface area contributed by atoms with E-state index in [9.17, 15) is 14.4 Å². The van der Waals surface area contributed by atoms with E-state index in [2.05, 4.69) is 21.2 Å². The van der Waals surface area contributed by atoms with E-state index in [4.69, 9.17) is 15.2 Å². The summed E-state index contributed by atoms with van der Waals surface area (Å²) < 4.78 is 11.8. The Morgan fingerprint density at radius 3 is 2.39 bits per heavy atom. The molecule has 0 spiro atoms. The summed E-state index contributed by atoms with van der Waals surface area (Å²) in [5, 5.41) is 2.58. The Balaban J connectivity index is 1.56. The van der Waals surface area contributed by atoms with E-state index in [1.54, 1.807) is 24.3 Å². The van der Waals surface area contributed by atoms with Crippen LogP contribution in [0.25, 0.3) is 0 Å². The van der Waals surface area contributed by atoms with Crippen molar-refractivity contribution in [1.29, 1.82) is 0 Å². The first-order chi connectivity index (χ1) is 14.9. The fourth-order valence-electron chi connectivity index (χ4n) is 2.67. The average molecular weight is 483 g/mol. The summed E-state index contributed by atoms with van der Waals surface area (Å²) in [6.07, 6.45) is 0. The molecule has 0 heterocycles. The smallest absolute Gasteiger partial charge is 0.342 e. The Kier molecular flexibility index (Phi) is 7.40. The quantitative estimate of drug-likeness (QED) is 0.473. The Labute approximate surface area is 187 Å². The number of carbonyl (C=O) groups excluding carboxylic acids is 3. The number of para-hydroxylation sites is 1. The predicted octanol–water partition coefficient (Wildman–Crippen LogP) is 3.92. The maximum atomic E-state index is 12.5. The summed E-state index contributed by atoms with van der Waals surface area (Å²) in [7, 11) is 0. The molecule has 0 unspecified atom stereocenters. The van der Waals surface area contributed by atoms with Crippen molar-refractivity contribution in [2.75, 3.05) is 11.9 Å². The average Bonchev–Trinajstić information content (AvgIpc) is 2.76. The van der Waals surface area contributed by atoms with Crippen LogP contribution < -0.4 is 15.8 Å². The molecule has 0 atom stereocenters. The summed E-state index contributed by atoms with van der Waals surface area (Å²) in [5.41, 5.74) is 7.10. The number of primary amides is 1. The molecule has 0 bridgehead atoms. The minimum absolute atomic E-state index is 0.219. The van der Waals surface area contributed by atoms with Gasteiger partial charge in [-0.2, -0.15) is 0 Å². The number of amides is 2. The number of anilines is 1. The van der Waals surface area contributed by atoms with Gasteiger partial charge < -0.3 is 20.5 Å². The zero-order valence-electron chi connectivity index (χ0n) is 16.3. The Hall–Kier alpha value is -3.65. The van der Waals surface area contributed by atoms with Gasteiger partial charge >= 0.3 is 5.97 Å². The minimum atomic E-state index is -0.677. The van der Waals surface area contributed by atoms with Crippen molar-refractivity contribution in [3.8, 4) is 5.75 Å². The number of hydrogen-bond acceptors (Lipinski definition) is 5. The standard InChI is InChI=1S/C23H19BrN2O5/c24-17-5-3-4-15(12-17)13-30-20-7-2-1-6-19(20)23(29)31-14-21(27)26-18-10-8-16(9-11-18)22(25)28/h1-12H,13-14H2,(H2,25,28)(H,26,27). The van der Waals surface area contributed by atoms with Gasteiger partial charge in [-0.25, -0.2) is 4.79 Å². The Morgan fingerprint density at radius 2 is 1.68 bits per heavy atom. The molecule has 0 saturated carbocycles. The fourth-order valence-corrected chi connectivity index (χ4v) is 3.12. The number of nitrogens with one attached hydrogen (secondary N) is 1. The van der Waals surface area contributed by atoms with Gasteiger partial charge in [0.2, 0.25) is 5.91 Å². The number of halogens is 1. The van der Waals surface area contributed by atoms with Crippen LogP contribution in [0.1, 0.15) is 26.3 Å². The molecule has 0 aliphatic carbocycles. The molecule has 8 heteroatoms. The lowest BCUT2D eigenvalue weighted by atomic mass is 10.2. The van der Waals surface area contributed by atoms with Gasteiger partial charge in [-0.05, 0) is 54.1 Å². The number of nitrogens with two attached hydrogens (primary N) is 1. The second-order valence-corrected chi connectivity index (χ2v) is 7.40. The molecule has 3 aromatic carbocycles. The summed E-state index contributed by atoms with van der Waals surface area (Å²) in [6, 6.07) is 20.3. The molecule has 0 aromatic heterocycles. The van der Waals surface area contributed by atoms with Crippen LogP contribution in [0.5, 0.6) is 5.75 Å². The van der Waals surface area contributed by atoms with Gasteiger partial charge in [0, 0.05) is 15.7 Å². The van der Waals surface area contributed by atoms with Crippen molar-refractivity contribution in [2.45, 2.75) is 6.61 Å². The van der Waals surface area contributed by atoms with Crippen LogP contribution in [0.4, 0.5) is 5.69 Å². The van der Waals surface area contributed by atoms with Gasteiger partial charge in [0.25, 0.3) is 5.91 Å². The third-order valence-corrected chi connectivity index (χ3v) is 4.67. The Bertz CT molecular complexity index is 1100. The maximum absolute atomic E-state index is 12.5. The molecule has 3 aromatic rings. The highest BCUT2D eigenvalue weighted by atomic mass is 79.9. The topological polar surface area (TPSA) is 108 Å². The van der Waals surface area contributed by atoms with E-state index in [1.165, 1.54) is 24.3 Å². The molecule has 0 radical (unpaired) electrons. The first kappa shape index (κ1) is 22.0. The lowest BCUT2D eigenvalue weighted by molar-refractivity contribution is -0.119. The molecule has 31 heavy (non-hydrogen) atoms. The zero-order chi connectivity index (χ0) is 22.2. The van der Waals surface area contributed by atoms with Gasteiger partial charge in [0.15, 0.2) is 6.61 Å². The lowest BCUT2D eigenvalue weighted by Gasteiger charge is -2.12. The number of carbonyl (C=O) groups is 3. The van der Waals surface area contributed by atoms with Crippen molar-refractivity contribution < 1.29 is 23.9 Å². The van der Waals surface area contributed by atoms with Gasteiger partial charge in [-0.15, -0.1) is 0 Å². The lowest BCUT2D eigenvalue weighted by Crippen LogP contribution is -2.21. The molecule has 7 nitrogen and oxygen atoms in total. The van der Waals surface area contributed by atoms with Crippen molar-refractivity contribution in [2.24, 2.45) is 5.73 Å². The van der Waals surface area contributed by atoms with Crippen LogP contribution in [0.15, 0.2) is 77.3 Å². The van der Waals surface area contributed by atoms with E-state index in [0.717, 1.165) is 10.0 Å². The van der Waals surface area contributed by atoms with Crippen LogP contribution in [0.2, 0.25) is 0 Å². The molecule has 0 aliphatic rings. The Morgan fingerprint density at radius 1 is 0.935 bits per heavy atom. The highest BCUT2D eigenvalue weighted by molar-refractivity contribution is 9.10. The molecule has 0 aliphatic heterocycles. The molecule has 3 N–H and O–H groups in total. The van der Waals surface area contributed by atoms with Crippen LogP contribution in [0.3, 0.4) is 0 Å². The molecule has 0 fully saturated rings. The van der Waals surface area contributed by atoms with Gasteiger partial charge in [-0.1, -0.05) is 40.2 Å². The number of benzene rings is 3. The highest BCUT2D eigenvalue weighted by Crippen LogP contribution is 2.21. The van der Waals surface area contributed by atoms with E-state index >= 15 is 0 Å². The normalized spacial score (nSPS) is 10.2. The SMILES string of the molecule is NC(=O)c1ccc(NC(=O)COC(=O)c2ccccc2OCc2cccc(Br)c2)cc1. The van der Waals surface area contributed by atoms with E-state index in [1.807, 2.05) is 24.3 Å². The van der Waals surface area contributed by atoms with Gasteiger partial charge in [0.05, 0.1) is 0 Å². The van der Waals surface area contributed by atoms with E-state index in [-0.39, 0.29) is 12.2 Å². The number of hydrogen-bond donors (Lipinski definition) is 2. The largest absolute Gasteiger partial charge is 0.488 e. The predicted molar refractivity (Wildman–Crippen MR) is 119 cm³/mol. The monoisotopic (exact) mass is 482 g/mol. The second kappa shape index (κ2) is 10.4. The highest BCUT2D eigenvalue weighted by Gasteiger charge is 2.15. The maximum Gasteiger partial charge on any atom is 0.342 e. The third-order valence-electron chi connectivity index (χ3n) is 4.18. The summed E-state index contributed by atoms with van der Waals surface area (Å²) in [5.74, 6) is -1.40. The van der Waals surface area contributed by atoms with Crippen LogP contribution in [-0.2, 0) is 16.1 Å². The number of esters is 1. The summed E-state index contributed by atoms with van der Waals surface area (Å²) in [4.78, 5) is 35.6.